The monoisotopic (exact) mass is 169 g/mol. The highest BCUT2D eigenvalue weighted by Gasteiger charge is 2.06. The fraction of sp³-hybridized carbons (Fsp3) is 0.800. The van der Waals surface area contributed by atoms with Crippen molar-refractivity contribution in [1.29, 1.82) is 0 Å². The molecule has 0 saturated carbocycles. The summed E-state index contributed by atoms with van der Waals surface area (Å²) >= 11 is 0. The zero-order valence-electron chi connectivity index (χ0n) is 8.18. The van der Waals surface area contributed by atoms with Gasteiger partial charge in [-0.15, -0.1) is 0 Å². The van der Waals surface area contributed by atoms with Gasteiger partial charge in [-0.1, -0.05) is 11.6 Å². The van der Waals surface area contributed by atoms with Gasteiger partial charge in [-0.3, -0.25) is 4.90 Å². The molecule has 0 atom stereocenters. The first kappa shape index (κ1) is 9.75. The van der Waals surface area contributed by atoms with Crippen LogP contribution < -0.4 is 0 Å². The van der Waals surface area contributed by atoms with E-state index in [1.165, 1.54) is 25.0 Å². The smallest absolute Gasteiger partial charge is 0.0589 e. The van der Waals surface area contributed by atoms with E-state index in [2.05, 4.69) is 17.9 Å². The van der Waals surface area contributed by atoms with Gasteiger partial charge < -0.3 is 4.74 Å². The van der Waals surface area contributed by atoms with Gasteiger partial charge in [-0.25, -0.2) is 0 Å². The van der Waals surface area contributed by atoms with Gasteiger partial charge in [0.2, 0.25) is 0 Å². The van der Waals surface area contributed by atoms with Crippen LogP contribution in [0.1, 0.15) is 19.8 Å². The van der Waals surface area contributed by atoms with Crippen LogP contribution in [0.25, 0.3) is 0 Å². The minimum atomic E-state index is 0.854. The van der Waals surface area contributed by atoms with E-state index in [4.69, 9.17) is 4.74 Å². The van der Waals surface area contributed by atoms with Crippen molar-refractivity contribution in [3.05, 3.63) is 11.6 Å². The Morgan fingerprint density at radius 3 is 3.17 bits per heavy atom. The summed E-state index contributed by atoms with van der Waals surface area (Å²) in [6.45, 7) is 6.47. The molecule has 0 spiro atoms. The van der Waals surface area contributed by atoms with Crippen LogP contribution >= 0.6 is 0 Å². The van der Waals surface area contributed by atoms with Crippen molar-refractivity contribution in [2.24, 2.45) is 0 Å². The van der Waals surface area contributed by atoms with Gasteiger partial charge in [0.15, 0.2) is 0 Å². The third kappa shape index (κ3) is 3.37. The molecule has 2 nitrogen and oxygen atoms in total. The van der Waals surface area contributed by atoms with Crippen LogP contribution in [0.3, 0.4) is 0 Å². The van der Waals surface area contributed by atoms with Crippen LogP contribution in [0.2, 0.25) is 0 Å². The molecule has 0 amide bonds. The van der Waals surface area contributed by atoms with Crippen molar-refractivity contribution in [3.8, 4) is 0 Å². The van der Waals surface area contributed by atoms with Crippen molar-refractivity contribution < 1.29 is 4.74 Å². The molecule has 0 saturated heterocycles. The molecule has 0 N–H and O–H groups in total. The fourth-order valence-electron chi connectivity index (χ4n) is 1.48. The third-order valence-electron chi connectivity index (χ3n) is 2.36. The van der Waals surface area contributed by atoms with Crippen molar-refractivity contribution in [2.45, 2.75) is 19.8 Å². The molecule has 1 heterocycles. The molecule has 2 heteroatoms. The molecule has 70 valence electrons. The Bertz CT molecular complexity index is 154. The lowest BCUT2D eigenvalue weighted by atomic mass is 10.2. The number of methoxy groups -OCH3 is 1. The summed E-state index contributed by atoms with van der Waals surface area (Å²) in [6, 6.07) is 0. The van der Waals surface area contributed by atoms with Crippen LogP contribution in [-0.2, 0) is 4.74 Å². The average molecular weight is 169 g/mol. The molecule has 0 fully saturated rings. The summed E-state index contributed by atoms with van der Waals surface area (Å²) in [5.74, 6) is 0. The van der Waals surface area contributed by atoms with E-state index in [-0.39, 0.29) is 0 Å². The maximum Gasteiger partial charge on any atom is 0.0589 e. The number of ether oxygens (including phenoxy) is 1. The minimum Gasteiger partial charge on any atom is -0.383 e. The van der Waals surface area contributed by atoms with Gasteiger partial charge in [0.05, 0.1) is 6.61 Å². The molecule has 12 heavy (non-hydrogen) atoms. The lowest BCUT2D eigenvalue weighted by Crippen LogP contribution is -2.27. The Morgan fingerprint density at radius 2 is 2.42 bits per heavy atom. The van der Waals surface area contributed by atoms with E-state index in [0.717, 1.165) is 19.7 Å². The van der Waals surface area contributed by atoms with E-state index < -0.39 is 0 Å². The highest BCUT2D eigenvalue weighted by Crippen LogP contribution is 2.09. The first-order chi connectivity index (χ1) is 5.83. The van der Waals surface area contributed by atoms with Crippen molar-refractivity contribution >= 4 is 0 Å². The summed E-state index contributed by atoms with van der Waals surface area (Å²) in [6.07, 6.45) is 4.90. The molecule has 0 aromatic rings. The van der Waals surface area contributed by atoms with Crippen LogP contribution in [0.4, 0.5) is 0 Å². The summed E-state index contributed by atoms with van der Waals surface area (Å²) in [5, 5.41) is 0. The maximum atomic E-state index is 5.05. The van der Waals surface area contributed by atoms with Gasteiger partial charge in [0, 0.05) is 20.2 Å². The summed E-state index contributed by atoms with van der Waals surface area (Å²) in [5.41, 5.74) is 1.54. The average Bonchev–Trinajstić information content (AvgIpc) is 2.27. The number of hydrogen-bond acceptors (Lipinski definition) is 2. The number of rotatable bonds is 3. The predicted octanol–water partition coefficient (Wildman–Crippen LogP) is 1.67. The van der Waals surface area contributed by atoms with Crippen LogP contribution in [0, 0.1) is 0 Å². The highest BCUT2D eigenvalue weighted by molar-refractivity contribution is 5.01. The number of hydrogen-bond donors (Lipinski definition) is 0. The fourth-order valence-corrected chi connectivity index (χ4v) is 1.48. The highest BCUT2D eigenvalue weighted by atomic mass is 16.5. The normalized spacial score (nSPS) is 20.3. The van der Waals surface area contributed by atoms with E-state index in [1.54, 1.807) is 7.11 Å². The lowest BCUT2D eigenvalue weighted by Gasteiger charge is -2.17. The van der Waals surface area contributed by atoms with Crippen molar-refractivity contribution in [3.63, 3.8) is 0 Å². The molecule has 0 radical (unpaired) electrons. The van der Waals surface area contributed by atoms with Gasteiger partial charge in [-0.05, 0) is 26.3 Å². The van der Waals surface area contributed by atoms with Gasteiger partial charge >= 0.3 is 0 Å². The molecule has 0 unspecified atom stereocenters. The topological polar surface area (TPSA) is 12.5 Å². The van der Waals surface area contributed by atoms with Crippen LogP contribution in [-0.4, -0.2) is 38.3 Å². The summed E-state index contributed by atoms with van der Waals surface area (Å²) in [4.78, 5) is 2.44. The Morgan fingerprint density at radius 1 is 1.58 bits per heavy atom. The first-order valence-electron chi connectivity index (χ1n) is 4.70. The zero-order valence-corrected chi connectivity index (χ0v) is 8.18. The van der Waals surface area contributed by atoms with E-state index in [1.807, 2.05) is 0 Å². The van der Waals surface area contributed by atoms with Crippen molar-refractivity contribution in [2.75, 3.05) is 33.4 Å². The standard InChI is InChI=1S/C10H19NO/c1-10-4-3-6-11(7-5-10)8-9-12-2/h5H,3-4,6-9H2,1-2H3. The molecular formula is C10H19NO. The molecule has 1 rings (SSSR count). The second-order valence-electron chi connectivity index (χ2n) is 3.45. The molecular weight excluding hydrogens is 150 g/mol. The number of nitrogens with zero attached hydrogens (tertiary/aromatic N) is 1. The molecule has 0 aliphatic carbocycles. The Kier molecular flexibility index (Phi) is 4.33. The molecule has 0 aromatic carbocycles. The van der Waals surface area contributed by atoms with Crippen LogP contribution in [0.5, 0.6) is 0 Å². The molecule has 0 aromatic heterocycles. The Balaban J connectivity index is 2.26. The summed E-state index contributed by atoms with van der Waals surface area (Å²) in [7, 11) is 1.76. The van der Waals surface area contributed by atoms with E-state index in [9.17, 15) is 0 Å². The Hall–Kier alpha value is -0.340. The molecule has 1 aliphatic heterocycles. The largest absolute Gasteiger partial charge is 0.383 e. The molecule has 0 bridgehead atoms. The van der Waals surface area contributed by atoms with Gasteiger partial charge in [0.25, 0.3) is 0 Å². The van der Waals surface area contributed by atoms with Gasteiger partial charge in [0.1, 0.15) is 0 Å². The van der Waals surface area contributed by atoms with Gasteiger partial charge in [-0.2, -0.15) is 0 Å². The minimum absolute atomic E-state index is 0.854. The maximum absolute atomic E-state index is 5.05. The SMILES string of the molecule is COCCN1CC=C(C)CCC1. The van der Waals surface area contributed by atoms with Crippen molar-refractivity contribution in [1.82, 2.24) is 4.90 Å². The quantitative estimate of drug-likeness (QED) is 0.596. The Labute approximate surface area is 75.2 Å². The second kappa shape index (κ2) is 5.33. The molecule has 1 aliphatic rings. The third-order valence-corrected chi connectivity index (χ3v) is 2.36. The summed E-state index contributed by atoms with van der Waals surface area (Å²) < 4.78 is 5.05. The predicted molar refractivity (Wildman–Crippen MR) is 51.3 cm³/mol. The second-order valence-corrected chi connectivity index (χ2v) is 3.45. The van der Waals surface area contributed by atoms with E-state index >= 15 is 0 Å². The zero-order chi connectivity index (χ0) is 8.81. The number of allylic oxidation sites excluding steroid dienone is 1. The lowest BCUT2D eigenvalue weighted by molar-refractivity contribution is 0.155. The van der Waals surface area contributed by atoms with E-state index in [0.29, 0.717) is 0 Å². The van der Waals surface area contributed by atoms with Crippen LogP contribution in [0.15, 0.2) is 11.6 Å². The first-order valence-corrected chi connectivity index (χ1v) is 4.70.